The average Bonchev–Trinajstić information content (AvgIpc) is 3.04. The van der Waals surface area contributed by atoms with Crippen molar-refractivity contribution in [1.82, 2.24) is 25.4 Å². The van der Waals surface area contributed by atoms with Gasteiger partial charge in [-0.2, -0.15) is 5.10 Å². The second-order valence-electron chi connectivity index (χ2n) is 5.18. The van der Waals surface area contributed by atoms with Crippen LogP contribution in [0.3, 0.4) is 0 Å². The Morgan fingerprint density at radius 2 is 2.38 bits per heavy atom. The lowest BCUT2D eigenvalue weighted by Crippen LogP contribution is -2.32. The maximum atomic E-state index is 12.1. The zero-order chi connectivity index (χ0) is 14.5. The molecule has 0 radical (unpaired) electrons. The monoisotopic (exact) mass is 285 g/mol. The van der Waals surface area contributed by atoms with Crippen molar-refractivity contribution in [1.29, 1.82) is 0 Å². The number of carbonyl (C=O) groups excluding carboxylic acids is 1. The van der Waals surface area contributed by atoms with Gasteiger partial charge in [0.2, 0.25) is 0 Å². The third-order valence-electron chi connectivity index (χ3n) is 3.64. The second-order valence-corrected chi connectivity index (χ2v) is 5.18. The number of nitrogens with zero attached hydrogens (tertiary/aromatic N) is 3. The van der Waals surface area contributed by atoms with Crippen molar-refractivity contribution in [3.8, 4) is 0 Å². The quantitative estimate of drug-likeness (QED) is 0.883. The van der Waals surface area contributed by atoms with Gasteiger partial charge in [0, 0.05) is 18.9 Å². The summed E-state index contributed by atoms with van der Waals surface area (Å²) in [6, 6.07) is 7.75. The molecule has 1 atom stereocenters. The lowest BCUT2D eigenvalue weighted by molar-refractivity contribution is 0.0944. The van der Waals surface area contributed by atoms with E-state index in [1.165, 1.54) is 0 Å². The first-order chi connectivity index (χ1) is 10.3. The van der Waals surface area contributed by atoms with Gasteiger partial charge in [-0.25, -0.2) is 0 Å². The molecule has 1 unspecified atom stereocenters. The first-order valence-corrected chi connectivity index (χ1v) is 7.27. The Balaban J connectivity index is 1.59. The number of hydrogen-bond donors (Lipinski definition) is 2. The minimum absolute atomic E-state index is 0.164. The molecule has 21 heavy (non-hydrogen) atoms. The number of carbonyl (C=O) groups is 1. The number of nitrogens with one attached hydrogen (secondary N) is 2. The molecule has 0 aromatic carbocycles. The van der Waals surface area contributed by atoms with Crippen LogP contribution in [-0.2, 0) is 6.54 Å². The zero-order valence-corrected chi connectivity index (χ0v) is 11.8. The van der Waals surface area contributed by atoms with Crippen LogP contribution in [0.4, 0.5) is 0 Å². The molecule has 0 spiro atoms. The SMILES string of the molecule is O=C(NCc1ccccn1)c1ccn(C2CCCNC2)n1. The fourth-order valence-corrected chi connectivity index (χ4v) is 2.49. The molecular weight excluding hydrogens is 266 g/mol. The third kappa shape index (κ3) is 3.46. The number of amides is 1. The zero-order valence-electron chi connectivity index (χ0n) is 11.8. The largest absolute Gasteiger partial charge is 0.345 e. The van der Waals surface area contributed by atoms with E-state index in [1.807, 2.05) is 29.1 Å². The lowest BCUT2D eigenvalue weighted by Gasteiger charge is -2.22. The molecule has 3 heterocycles. The molecule has 1 fully saturated rings. The van der Waals surface area contributed by atoms with E-state index >= 15 is 0 Å². The third-order valence-corrected chi connectivity index (χ3v) is 3.64. The number of piperidine rings is 1. The van der Waals surface area contributed by atoms with Gasteiger partial charge in [0.1, 0.15) is 5.69 Å². The van der Waals surface area contributed by atoms with Gasteiger partial charge < -0.3 is 10.6 Å². The summed E-state index contributed by atoms with van der Waals surface area (Å²) in [7, 11) is 0. The van der Waals surface area contributed by atoms with Crippen LogP contribution in [0.2, 0.25) is 0 Å². The highest BCUT2D eigenvalue weighted by atomic mass is 16.1. The van der Waals surface area contributed by atoms with Gasteiger partial charge in [0.05, 0.1) is 18.3 Å². The van der Waals surface area contributed by atoms with Gasteiger partial charge >= 0.3 is 0 Å². The molecule has 2 aromatic heterocycles. The Bertz CT molecular complexity index is 589. The van der Waals surface area contributed by atoms with Gasteiger partial charge in [-0.3, -0.25) is 14.5 Å². The van der Waals surface area contributed by atoms with Crippen molar-refractivity contribution in [3.05, 3.63) is 48.0 Å². The van der Waals surface area contributed by atoms with Crippen LogP contribution in [-0.4, -0.2) is 33.8 Å². The molecule has 6 nitrogen and oxygen atoms in total. The summed E-state index contributed by atoms with van der Waals surface area (Å²) in [5, 5.41) is 10.6. The minimum atomic E-state index is -0.164. The van der Waals surface area contributed by atoms with E-state index in [0.29, 0.717) is 18.3 Å². The Morgan fingerprint density at radius 1 is 1.43 bits per heavy atom. The van der Waals surface area contributed by atoms with E-state index in [2.05, 4.69) is 20.7 Å². The van der Waals surface area contributed by atoms with E-state index in [1.54, 1.807) is 12.3 Å². The summed E-state index contributed by atoms with van der Waals surface area (Å²) in [6.45, 7) is 2.39. The summed E-state index contributed by atoms with van der Waals surface area (Å²) >= 11 is 0. The van der Waals surface area contributed by atoms with Crippen LogP contribution in [0.1, 0.15) is 35.1 Å². The predicted octanol–water partition coefficient (Wildman–Crippen LogP) is 1.13. The minimum Gasteiger partial charge on any atom is -0.345 e. The molecule has 2 aromatic rings. The molecule has 0 aliphatic carbocycles. The van der Waals surface area contributed by atoms with Crippen molar-refractivity contribution >= 4 is 5.91 Å². The molecule has 0 bridgehead atoms. The van der Waals surface area contributed by atoms with E-state index in [9.17, 15) is 4.79 Å². The van der Waals surface area contributed by atoms with Crippen LogP contribution in [0.5, 0.6) is 0 Å². The molecule has 6 heteroatoms. The first kappa shape index (κ1) is 13.8. The van der Waals surface area contributed by atoms with E-state index < -0.39 is 0 Å². The summed E-state index contributed by atoms with van der Waals surface area (Å²) < 4.78 is 1.89. The summed E-state index contributed by atoms with van der Waals surface area (Å²) in [4.78, 5) is 16.3. The highest BCUT2D eigenvalue weighted by Crippen LogP contribution is 2.15. The number of pyridine rings is 1. The van der Waals surface area contributed by atoms with Crippen LogP contribution in [0.15, 0.2) is 36.7 Å². The summed E-state index contributed by atoms with van der Waals surface area (Å²) in [6.07, 6.45) is 5.84. The first-order valence-electron chi connectivity index (χ1n) is 7.27. The van der Waals surface area contributed by atoms with Gasteiger partial charge in [-0.15, -0.1) is 0 Å². The number of aromatic nitrogens is 3. The van der Waals surface area contributed by atoms with E-state index in [4.69, 9.17) is 0 Å². The normalized spacial score (nSPS) is 18.4. The van der Waals surface area contributed by atoms with Gasteiger partial charge in [0.25, 0.3) is 5.91 Å². The van der Waals surface area contributed by atoms with Crippen molar-refractivity contribution in [2.24, 2.45) is 0 Å². The molecular formula is C15H19N5O. The topological polar surface area (TPSA) is 71.8 Å². The van der Waals surface area contributed by atoms with Crippen LogP contribution in [0, 0.1) is 0 Å². The average molecular weight is 285 g/mol. The van der Waals surface area contributed by atoms with Crippen molar-refractivity contribution in [2.75, 3.05) is 13.1 Å². The van der Waals surface area contributed by atoms with Crippen molar-refractivity contribution in [3.63, 3.8) is 0 Å². The van der Waals surface area contributed by atoms with E-state index in [0.717, 1.165) is 31.6 Å². The van der Waals surface area contributed by atoms with Gasteiger partial charge in [0.15, 0.2) is 0 Å². The molecule has 110 valence electrons. The lowest BCUT2D eigenvalue weighted by atomic mass is 10.1. The molecule has 1 saturated heterocycles. The molecule has 0 saturated carbocycles. The maximum Gasteiger partial charge on any atom is 0.272 e. The Kier molecular flexibility index (Phi) is 4.25. The summed E-state index contributed by atoms with van der Waals surface area (Å²) in [5.41, 5.74) is 1.29. The van der Waals surface area contributed by atoms with Crippen LogP contribution < -0.4 is 10.6 Å². The molecule has 1 amide bonds. The highest BCUT2D eigenvalue weighted by Gasteiger charge is 2.17. The number of rotatable bonds is 4. The predicted molar refractivity (Wildman–Crippen MR) is 78.8 cm³/mol. The smallest absolute Gasteiger partial charge is 0.272 e. The van der Waals surface area contributed by atoms with E-state index in [-0.39, 0.29) is 5.91 Å². The standard InChI is InChI=1S/C15H19N5O/c21-15(18-10-12-4-1-2-8-17-12)14-6-9-20(19-14)13-5-3-7-16-11-13/h1-2,4,6,8-9,13,16H,3,5,7,10-11H2,(H,18,21). The van der Waals surface area contributed by atoms with Crippen molar-refractivity contribution in [2.45, 2.75) is 25.4 Å². The Labute approximate surface area is 123 Å². The van der Waals surface area contributed by atoms with Gasteiger partial charge in [-0.1, -0.05) is 6.07 Å². The second kappa shape index (κ2) is 6.49. The molecule has 2 N–H and O–H groups in total. The number of hydrogen-bond acceptors (Lipinski definition) is 4. The van der Waals surface area contributed by atoms with Crippen LogP contribution >= 0.6 is 0 Å². The van der Waals surface area contributed by atoms with Crippen molar-refractivity contribution < 1.29 is 4.79 Å². The highest BCUT2D eigenvalue weighted by molar-refractivity contribution is 5.92. The molecule has 1 aliphatic rings. The maximum absolute atomic E-state index is 12.1. The van der Waals surface area contributed by atoms with Crippen LogP contribution in [0.25, 0.3) is 0 Å². The summed E-state index contributed by atoms with van der Waals surface area (Å²) in [5.74, 6) is -0.164. The fraction of sp³-hybridized carbons (Fsp3) is 0.400. The van der Waals surface area contributed by atoms with Gasteiger partial charge in [-0.05, 0) is 37.6 Å². The molecule has 1 aliphatic heterocycles. The molecule has 3 rings (SSSR count). The Hall–Kier alpha value is -2.21. The Morgan fingerprint density at radius 3 is 3.14 bits per heavy atom. The fourth-order valence-electron chi connectivity index (χ4n) is 2.49.